The minimum Gasteiger partial charge on any atom is -0.507 e. The molecule has 5 rings (SSSR count). The summed E-state index contributed by atoms with van der Waals surface area (Å²) < 4.78 is 5.99. The molecule has 2 saturated heterocycles. The molecule has 2 amide bonds. The largest absolute Gasteiger partial charge is 0.507 e. The van der Waals surface area contributed by atoms with Crippen LogP contribution >= 0.6 is 0 Å². The summed E-state index contributed by atoms with van der Waals surface area (Å²) in [4.78, 5) is 28.2. The van der Waals surface area contributed by atoms with Crippen LogP contribution in [0.4, 0.5) is 5.69 Å². The lowest BCUT2D eigenvalue weighted by Gasteiger charge is -2.41. The first kappa shape index (κ1) is 21.0. The van der Waals surface area contributed by atoms with E-state index in [1.54, 1.807) is 12.1 Å². The first-order valence-electron chi connectivity index (χ1n) is 11.0. The zero-order valence-corrected chi connectivity index (χ0v) is 18.4. The molecule has 0 radical (unpaired) electrons. The lowest BCUT2D eigenvalue weighted by molar-refractivity contribution is -0.123. The summed E-state index contributed by atoms with van der Waals surface area (Å²) in [5.74, 6) is -1.34. The van der Waals surface area contributed by atoms with Gasteiger partial charge < -0.3 is 14.8 Å². The molecule has 3 aliphatic rings. The summed E-state index contributed by atoms with van der Waals surface area (Å²) in [6, 6.07) is 12.8. The van der Waals surface area contributed by atoms with Gasteiger partial charge in [-0.05, 0) is 86.0 Å². The van der Waals surface area contributed by atoms with Gasteiger partial charge in [-0.15, -0.1) is 0 Å². The summed E-state index contributed by atoms with van der Waals surface area (Å²) in [6.07, 6.45) is 0.514. The van der Waals surface area contributed by atoms with Crippen molar-refractivity contribution in [2.45, 2.75) is 39.7 Å². The van der Waals surface area contributed by atoms with Crippen LogP contribution in [0.1, 0.15) is 42.6 Å². The SMILES string of the molecule is CC1=C2B(O)O[C@H](c3cc(C)c(O)c(C)c3)C[C@H]2[C@H]2C(=O)N(c3ccccc3)C(=O)[C@H]2C1. The van der Waals surface area contributed by atoms with Crippen LogP contribution in [0.5, 0.6) is 5.75 Å². The molecular formula is C25H26BNO5. The van der Waals surface area contributed by atoms with Gasteiger partial charge in [-0.2, -0.15) is 0 Å². The van der Waals surface area contributed by atoms with E-state index in [0.717, 1.165) is 27.7 Å². The summed E-state index contributed by atoms with van der Waals surface area (Å²) >= 11 is 0. The van der Waals surface area contributed by atoms with E-state index in [1.165, 1.54) is 4.90 Å². The van der Waals surface area contributed by atoms with Crippen LogP contribution in [0.15, 0.2) is 53.5 Å². The maximum absolute atomic E-state index is 13.5. The fourth-order valence-electron chi connectivity index (χ4n) is 5.78. The summed E-state index contributed by atoms with van der Waals surface area (Å²) in [6.45, 7) is 5.57. The number of carbonyl (C=O) groups excluding carboxylic acids is 2. The monoisotopic (exact) mass is 431 g/mol. The van der Waals surface area contributed by atoms with Gasteiger partial charge in [-0.25, -0.2) is 0 Å². The Kier molecular flexibility index (Phi) is 4.99. The van der Waals surface area contributed by atoms with E-state index < -0.39 is 25.1 Å². The molecule has 0 aromatic heterocycles. The lowest BCUT2D eigenvalue weighted by Crippen LogP contribution is -2.44. The molecule has 2 aromatic rings. The van der Waals surface area contributed by atoms with Gasteiger partial charge in [0.2, 0.25) is 11.8 Å². The average molecular weight is 431 g/mol. The number of rotatable bonds is 2. The van der Waals surface area contributed by atoms with Gasteiger partial charge >= 0.3 is 7.12 Å². The van der Waals surface area contributed by atoms with Crippen LogP contribution in [0.3, 0.4) is 0 Å². The summed E-state index contributed by atoms with van der Waals surface area (Å²) in [5.41, 5.74) is 4.58. The number of allylic oxidation sites excluding steroid dienone is 2. The Bertz CT molecular complexity index is 1120. The Balaban J connectivity index is 1.53. The number of nitrogens with zero attached hydrogens (tertiary/aromatic N) is 1. The summed E-state index contributed by atoms with van der Waals surface area (Å²) in [5, 5.41) is 21.1. The molecule has 1 aliphatic carbocycles. The van der Waals surface area contributed by atoms with Crippen molar-refractivity contribution in [3.8, 4) is 5.75 Å². The quantitative estimate of drug-likeness (QED) is 0.560. The number of hydrogen-bond donors (Lipinski definition) is 2. The number of fused-ring (bicyclic) bond motifs is 3. The Morgan fingerprint density at radius 1 is 1.00 bits per heavy atom. The Morgan fingerprint density at radius 3 is 2.31 bits per heavy atom. The average Bonchev–Trinajstić information content (AvgIpc) is 3.01. The number of para-hydroxylation sites is 1. The van der Waals surface area contributed by atoms with E-state index in [-0.39, 0.29) is 23.5 Å². The highest BCUT2D eigenvalue weighted by Crippen LogP contribution is 2.52. The minimum atomic E-state index is -1.12. The smallest absolute Gasteiger partial charge is 0.487 e. The number of aryl methyl sites for hydroxylation is 2. The minimum absolute atomic E-state index is 0.168. The van der Waals surface area contributed by atoms with Gasteiger partial charge in [0, 0.05) is 0 Å². The highest BCUT2D eigenvalue weighted by atomic mass is 16.5. The number of phenols is 1. The van der Waals surface area contributed by atoms with Gasteiger partial charge in [-0.1, -0.05) is 23.8 Å². The molecule has 2 fully saturated rings. The zero-order valence-electron chi connectivity index (χ0n) is 18.4. The number of benzene rings is 2. The standard InChI is InChI=1S/C25H26BNO5/c1-13-11-19-21(25(30)27(24(19)29)17-7-5-4-6-8-17)18-12-20(32-26(31)22(13)18)16-9-14(2)23(28)15(3)10-16/h4-10,18-21,28,31H,11-12H2,1-3H3/t18-,19-,20-,21+/m0/s1. The lowest BCUT2D eigenvalue weighted by atomic mass is 9.55. The van der Waals surface area contributed by atoms with Crippen LogP contribution in [0, 0.1) is 31.6 Å². The zero-order chi connectivity index (χ0) is 22.7. The number of phenolic OH excluding ortho intramolecular Hbond substituents is 1. The number of aromatic hydroxyl groups is 1. The fourth-order valence-corrected chi connectivity index (χ4v) is 5.78. The van der Waals surface area contributed by atoms with Crippen molar-refractivity contribution >= 4 is 24.6 Å². The van der Waals surface area contributed by atoms with Crippen LogP contribution < -0.4 is 4.90 Å². The van der Waals surface area contributed by atoms with Crippen LogP contribution in [-0.4, -0.2) is 29.1 Å². The van der Waals surface area contributed by atoms with Crippen molar-refractivity contribution in [1.29, 1.82) is 0 Å². The summed E-state index contributed by atoms with van der Waals surface area (Å²) in [7, 11) is -1.12. The molecular weight excluding hydrogens is 405 g/mol. The third kappa shape index (κ3) is 3.11. The number of imide groups is 1. The van der Waals surface area contributed by atoms with Crippen molar-refractivity contribution in [1.82, 2.24) is 0 Å². The second-order valence-electron chi connectivity index (χ2n) is 9.24. The molecule has 6 nitrogen and oxygen atoms in total. The van der Waals surface area contributed by atoms with Gasteiger partial charge in [-0.3, -0.25) is 14.5 Å². The molecule has 0 bridgehead atoms. The molecule has 0 saturated carbocycles. The maximum atomic E-state index is 13.5. The Labute approximate surface area is 187 Å². The van der Waals surface area contributed by atoms with Gasteiger partial charge in [0.15, 0.2) is 0 Å². The molecule has 2 aliphatic heterocycles. The second kappa shape index (κ2) is 7.61. The Hall–Kier alpha value is -2.90. The molecule has 2 N–H and O–H groups in total. The van der Waals surface area contributed by atoms with Gasteiger partial charge in [0.1, 0.15) is 5.75 Å². The Morgan fingerprint density at radius 2 is 1.66 bits per heavy atom. The molecule has 4 atom stereocenters. The molecule has 0 unspecified atom stereocenters. The molecule has 2 heterocycles. The van der Waals surface area contributed by atoms with E-state index >= 15 is 0 Å². The molecule has 2 aromatic carbocycles. The van der Waals surface area contributed by atoms with Crippen LogP contribution in [0.2, 0.25) is 0 Å². The van der Waals surface area contributed by atoms with Crippen molar-refractivity contribution in [3.05, 3.63) is 70.2 Å². The number of amides is 2. The molecule has 0 spiro atoms. The topological polar surface area (TPSA) is 87.1 Å². The van der Waals surface area contributed by atoms with Crippen LogP contribution in [-0.2, 0) is 14.2 Å². The molecule has 164 valence electrons. The highest BCUT2D eigenvalue weighted by molar-refractivity contribution is 6.53. The first-order chi connectivity index (χ1) is 15.3. The van der Waals surface area contributed by atoms with Gasteiger partial charge in [0.05, 0.1) is 23.6 Å². The number of hydrogen-bond acceptors (Lipinski definition) is 5. The van der Waals surface area contributed by atoms with E-state index in [4.69, 9.17) is 4.65 Å². The van der Waals surface area contributed by atoms with Crippen molar-refractivity contribution < 1.29 is 24.4 Å². The highest BCUT2D eigenvalue weighted by Gasteiger charge is 2.57. The van der Waals surface area contributed by atoms with Gasteiger partial charge in [0.25, 0.3) is 0 Å². The second-order valence-corrected chi connectivity index (χ2v) is 9.24. The van der Waals surface area contributed by atoms with E-state index in [1.807, 2.05) is 51.1 Å². The van der Waals surface area contributed by atoms with Crippen molar-refractivity contribution in [2.24, 2.45) is 17.8 Å². The first-order valence-corrected chi connectivity index (χ1v) is 11.0. The third-order valence-corrected chi connectivity index (χ3v) is 7.26. The maximum Gasteiger partial charge on any atom is 0.487 e. The predicted molar refractivity (Wildman–Crippen MR) is 121 cm³/mol. The molecule has 7 heteroatoms. The van der Waals surface area contributed by atoms with Crippen LogP contribution in [0.25, 0.3) is 0 Å². The predicted octanol–water partition coefficient (Wildman–Crippen LogP) is 3.63. The third-order valence-electron chi connectivity index (χ3n) is 7.26. The van der Waals surface area contributed by atoms with Crippen molar-refractivity contribution in [2.75, 3.05) is 4.90 Å². The number of anilines is 1. The molecule has 32 heavy (non-hydrogen) atoms. The van der Waals surface area contributed by atoms with E-state index in [9.17, 15) is 19.7 Å². The van der Waals surface area contributed by atoms with E-state index in [2.05, 4.69) is 0 Å². The number of carbonyl (C=O) groups is 2. The fraction of sp³-hybridized carbons (Fsp3) is 0.360. The van der Waals surface area contributed by atoms with E-state index in [0.29, 0.717) is 18.5 Å². The normalized spacial score (nSPS) is 27.6. The van der Waals surface area contributed by atoms with Crippen molar-refractivity contribution in [3.63, 3.8) is 0 Å².